The van der Waals surface area contributed by atoms with Crippen molar-refractivity contribution in [3.05, 3.63) is 0 Å². The second kappa shape index (κ2) is 13.6. The topological polar surface area (TPSA) is 191 Å². The highest BCUT2D eigenvalue weighted by atomic mass is 32.2. The summed E-state index contributed by atoms with van der Waals surface area (Å²) in [5.41, 5.74) is 5.34. The molecule has 0 aromatic rings. The molecule has 0 fully saturated rings. The zero-order valence-corrected chi connectivity index (χ0v) is 16.5. The molecular weight excluding hydrogens is 400 g/mol. The third-order valence-corrected chi connectivity index (χ3v) is 4.40. The zero-order valence-electron chi connectivity index (χ0n) is 14.8. The summed E-state index contributed by atoms with van der Waals surface area (Å²) in [6.07, 6.45) is 1.95. The SMILES string of the molecule is CSCCC(NC(=O)C(CO)NC(=O)C(CS)NC(=O)C(N)CO)C(=O)O. The first-order valence-corrected chi connectivity index (χ1v) is 9.95. The first kappa shape index (κ1) is 25.5. The van der Waals surface area contributed by atoms with E-state index in [-0.39, 0.29) is 12.2 Å². The van der Waals surface area contributed by atoms with Crippen LogP contribution in [0, 0.1) is 0 Å². The van der Waals surface area contributed by atoms with Gasteiger partial charge in [-0.2, -0.15) is 24.4 Å². The Morgan fingerprint density at radius 3 is 1.93 bits per heavy atom. The van der Waals surface area contributed by atoms with Gasteiger partial charge in [0.2, 0.25) is 17.7 Å². The molecular formula is C14H26N4O7S2. The monoisotopic (exact) mass is 426 g/mol. The lowest BCUT2D eigenvalue weighted by Crippen LogP contribution is -2.58. The average molecular weight is 427 g/mol. The van der Waals surface area contributed by atoms with E-state index in [1.54, 1.807) is 6.26 Å². The van der Waals surface area contributed by atoms with Crippen molar-refractivity contribution >= 4 is 48.1 Å². The first-order valence-electron chi connectivity index (χ1n) is 7.92. The molecule has 0 aromatic heterocycles. The maximum Gasteiger partial charge on any atom is 0.326 e. The second-order valence-electron chi connectivity index (χ2n) is 5.46. The van der Waals surface area contributed by atoms with Crippen molar-refractivity contribution in [2.45, 2.75) is 30.6 Å². The Labute approximate surface area is 166 Å². The molecule has 13 heteroatoms. The van der Waals surface area contributed by atoms with Gasteiger partial charge in [-0.15, -0.1) is 0 Å². The minimum Gasteiger partial charge on any atom is -0.480 e. The standard InChI is InChI=1S/C14H26N4O7S2/c1-27-3-2-8(14(24)25)16-12(22)9(5-20)17-13(23)10(6-26)18-11(21)7(15)4-19/h7-10,19-20,26H,2-6,15H2,1H3,(H,16,22)(H,17,23)(H,18,21)(H,24,25). The number of carbonyl (C=O) groups is 4. The van der Waals surface area contributed by atoms with Gasteiger partial charge in [-0.1, -0.05) is 0 Å². The van der Waals surface area contributed by atoms with Crippen LogP contribution in [0.5, 0.6) is 0 Å². The summed E-state index contributed by atoms with van der Waals surface area (Å²) < 4.78 is 0. The molecule has 27 heavy (non-hydrogen) atoms. The maximum absolute atomic E-state index is 12.2. The fourth-order valence-corrected chi connectivity index (χ4v) is 2.52. The Bertz CT molecular complexity index is 524. The van der Waals surface area contributed by atoms with Crippen LogP contribution in [-0.2, 0) is 19.2 Å². The van der Waals surface area contributed by atoms with E-state index in [0.29, 0.717) is 5.75 Å². The number of aliphatic hydroxyl groups excluding tert-OH is 2. The number of rotatable bonds is 13. The lowest BCUT2D eigenvalue weighted by Gasteiger charge is -2.23. The van der Waals surface area contributed by atoms with E-state index in [2.05, 4.69) is 28.6 Å². The quantitative estimate of drug-likeness (QED) is 0.138. The first-order chi connectivity index (χ1) is 12.7. The summed E-state index contributed by atoms with van der Waals surface area (Å²) in [6, 6.07) is -4.99. The van der Waals surface area contributed by atoms with Crippen molar-refractivity contribution in [3.8, 4) is 0 Å². The van der Waals surface area contributed by atoms with E-state index in [4.69, 9.17) is 15.9 Å². The van der Waals surface area contributed by atoms with Crippen LogP contribution >= 0.6 is 24.4 Å². The fourth-order valence-electron chi connectivity index (χ4n) is 1.79. The average Bonchev–Trinajstić information content (AvgIpc) is 2.65. The van der Waals surface area contributed by atoms with Crippen molar-refractivity contribution in [1.82, 2.24) is 16.0 Å². The third-order valence-electron chi connectivity index (χ3n) is 3.39. The molecule has 4 atom stereocenters. The molecule has 156 valence electrons. The molecule has 0 bridgehead atoms. The molecule has 0 aromatic carbocycles. The second-order valence-corrected chi connectivity index (χ2v) is 6.81. The largest absolute Gasteiger partial charge is 0.480 e. The van der Waals surface area contributed by atoms with E-state index in [1.165, 1.54) is 11.8 Å². The van der Waals surface area contributed by atoms with Gasteiger partial charge in [-0.05, 0) is 18.4 Å². The van der Waals surface area contributed by atoms with Crippen molar-refractivity contribution in [2.75, 3.05) is 31.0 Å². The Morgan fingerprint density at radius 2 is 1.48 bits per heavy atom. The summed E-state index contributed by atoms with van der Waals surface area (Å²) in [4.78, 5) is 47.2. The summed E-state index contributed by atoms with van der Waals surface area (Å²) in [7, 11) is 0. The Kier molecular flexibility index (Phi) is 12.8. The van der Waals surface area contributed by atoms with Gasteiger partial charge < -0.3 is 37.0 Å². The molecule has 0 saturated heterocycles. The number of thioether (sulfide) groups is 1. The van der Waals surface area contributed by atoms with Gasteiger partial charge in [-0.3, -0.25) is 14.4 Å². The highest BCUT2D eigenvalue weighted by Crippen LogP contribution is 2.02. The molecule has 0 aliphatic carbocycles. The molecule has 0 aliphatic heterocycles. The summed E-state index contributed by atoms with van der Waals surface area (Å²) in [5.74, 6) is -3.38. The summed E-state index contributed by atoms with van der Waals surface area (Å²) in [5, 5.41) is 34.0. The number of carboxylic acids is 1. The van der Waals surface area contributed by atoms with Crippen LogP contribution in [0.25, 0.3) is 0 Å². The van der Waals surface area contributed by atoms with E-state index >= 15 is 0 Å². The lowest BCUT2D eigenvalue weighted by molar-refractivity contribution is -0.142. The highest BCUT2D eigenvalue weighted by molar-refractivity contribution is 7.98. The van der Waals surface area contributed by atoms with Crippen molar-refractivity contribution in [3.63, 3.8) is 0 Å². The van der Waals surface area contributed by atoms with Crippen LogP contribution in [0.1, 0.15) is 6.42 Å². The zero-order chi connectivity index (χ0) is 21.0. The Hall–Kier alpha value is -1.54. The van der Waals surface area contributed by atoms with Crippen LogP contribution in [0.4, 0.5) is 0 Å². The molecule has 8 N–H and O–H groups in total. The number of nitrogens with one attached hydrogen (secondary N) is 3. The van der Waals surface area contributed by atoms with Gasteiger partial charge in [0, 0.05) is 5.75 Å². The number of aliphatic carboxylic acids is 1. The maximum atomic E-state index is 12.2. The number of thiol groups is 1. The van der Waals surface area contributed by atoms with Crippen LogP contribution in [0.15, 0.2) is 0 Å². The molecule has 0 saturated carbocycles. The van der Waals surface area contributed by atoms with E-state index in [1.807, 2.05) is 0 Å². The number of nitrogens with two attached hydrogens (primary N) is 1. The Morgan fingerprint density at radius 1 is 0.963 bits per heavy atom. The lowest BCUT2D eigenvalue weighted by atomic mass is 10.2. The molecule has 0 rings (SSSR count). The van der Waals surface area contributed by atoms with Crippen LogP contribution in [-0.4, -0.2) is 94.2 Å². The third kappa shape index (κ3) is 9.28. The van der Waals surface area contributed by atoms with Gasteiger partial charge in [0.15, 0.2) is 0 Å². The normalized spacial score (nSPS) is 15.1. The van der Waals surface area contributed by atoms with E-state index in [0.717, 1.165) is 0 Å². The number of carboxylic acid groups (broad SMARTS) is 1. The van der Waals surface area contributed by atoms with Crippen molar-refractivity contribution in [1.29, 1.82) is 0 Å². The number of carbonyl (C=O) groups excluding carboxylic acids is 3. The predicted molar refractivity (Wildman–Crippen MR) is 102 cm³/mol. The minimum atomic E-state index is -1.42. The highest BCUT2D eigenvalue weighted by Gasteiger charge is 2.29. The van der Waals surface area contributed by atoms with Crippen molar-refractivity contribution in [2.24, 2.45) is 5.73 Å². The summed E-state index contributed by atoms with van der Waals surface area (Å²) >= 11 is 5.34. The molecule has 0 heterocycles. The number of aliphatic hydroxyl groups is 2. The van der Waals surface area contributed by atoms with E-state index in [9.17, 15) is 24.3 Å². The number of hydrogen-bond donors (Lipinski definition) is 8. The van der Waals surface area contributed by atoms with Crippen LogP contribution in [0.3, 0.4) is 0 Å². The molecule has 11 nitrogen and oxygen atoms in total. The number of amides is 3. The minimum absolute atomic E-state index is 0.138. The molecule has 3 amide bonds. The van der Waals surface area contributed by atoms with Gasteiger partial charge in [-0.25, -0.2) is 4.79 Å². The van der Waals surface area contributed by atoms with Gasteiger partial charge >= 0.3 is 5.97 Å². The summed E-state index contributed by atoms with van der Waals surface area (Å²) in [6.45, 7) is -1.41. The molecule has 0 aliphatic rings. The van der Waals surface area contributed by atoms with Crippen LogP contribution < -0.4 is 21.7 Å². The number of hydrogen-bond acceptors (Lipinski definition) is 9. The van der Waals surface area contributed by atoms with Gasteiger partial charge in [0.1, 0.15) is 24.2 Å². The molecule has 0 spiro atoms. The van der Waals surface area contributed by atoms with Gasteiger partial charge in [0.25, 0.3) is 0 Å². The molecule has 4 unspecified atom stereocenters. The van der Waals surface area contributed by atoms with Gasteiger partial charge in [0.05, 0.1) is 13.2 Å². The predicted octanol–water partition coefficient (Wildman–Crippen LogP) is -3.48. The van der Waals surface area contributed by atoms with Crippen LogP contribution in [0.2, 0.25) is 0 Å². The smallest absolute Gasteiger partial charge is 0.326 e. The van der Waals surface area contributed by atoms with E-state index < -0.39 is 61.1 Å². The van der Waals surface area contributed by atoms with Crippen molar-refractivity contribution < 1.29 is 34.5 Å². The molecule has 0 radical (unpaired) electrons. The Balaban J connectivity index is 4.90. The fraction of sp³-hybridized carbons (Fsp3) is 0.714.